The number of aromatic amines is 1. The van der Waals surface area contributed by atoms with E-state index in [1.165, 1.54) is 6.92 Å². The third kappa shape index (κ3) is 19.6. The molecule has 1 saturated heterocycles. The van der Waals surface area contributed by atoms with Crippen LogP contribution >= 0.6 is 0 Å². The van der Waals surface area contributed by atoms with E-state index in [1.54, 1.807) is 36.5 Å². The minimum absolute atomic E-state index is 0.0181. The van der Waals surface area contributed by atoms with Crippen molar-refractivity contribution in [2.45, 2.75) is 114 Å². The molecular formula is C47H68N16O9. The van der Waals surface area contributed by atoms with Crippen LogP contribution in [-0.2, 0) is 56.0 Å². The molecule has 25 nitrogen and oxygen atoms in total. The summed E-state index contributed by atoms with van der Waals surface area (Å²) in [6, 6.07) is 7.41. The maximum absolute atomic E-state index is 14.5. The Morgan fingerprint density at radius 2 is 1.25 bits per heavy atom. The summed E-state index contributed by atoms with van der Waals surface area (Å²) in [5.74, 6) is -7.77. The number of fused-ring (bicyclic) bond motifs is 1. The zero-order valence-electron chi connectivity index (χ0n) is 40.3. The lowest BCUT2D eigenvalue weighted by molar-refractivity contribution is -0.137. The number of carbonyl (C=O) groups excluding carboxylic acids is 9. The van der Waals surface area contributed by atoms with Crippen LogP contribution in [-0.4, -0.2) is 132 Å². The summed E-state index contributed by atoms with van der Waals surface area (Å²) in [6.45, 7) is 1.71. The molecular weight excluding hydrogens is 933 g/mol. The zero-order valence-corrected chi connectivity index (χ0v) is 40.3. The minimum atomic E-state index is -1.77. The molecule has 0 spiro atoms. The van der Waals surface area contributed by atoms with Gasteiger partial charge in [0, 0.05) is 63.0 Å². The first-order valence-corrected chi connectivity index (χ1v) is 23.7. The van der Waals surface area contributed by atoms with Crippen molar-refractivity contribution in [3.8, 4) is 0 Å². The SMILES string of the molecule is CC(=O)N[C@@H](CCCN=C(N)N)C(=O)N[C@H]1CC(=O)NCCCCCNC(=O)[C@H](Cc2c[nH]c3ccccc23)NC(=O)[C@H](CCCN=C(N)N)NC(=O)[C@@H](Cc2ccccc2)NC(=O)[C@H](CC(N)=O)NC1=O. The van der Waals surface area contributed by atoms with Gasteiger partial charge in [0.15, 0.2) is 11.9 Å². The Morgan fingerprint density at radius 1 is 0.667 bits per heavy atom. The lowest BCUT2D eigenvalue weighted by atomic mass is 10.0. The maximum Gasteiger partial charge on any atom is 0.243 e. The van der Waals surface area contributed by atoms with Crippen LogP contribution in [0.25, 0.3) is 10.9 Å². The van der Waals surface area contributed by atoms with Gasteiger partial charge in [-0.2, -0.15) is 0 Å². The van der Waals surface area contributed by atoms with Crippen molar-refractivity contribution in [2.75, 3.05) is 26.2 Å². The molecule has 19 N–H and O–H groups in total. The number of H-pyrrole nitrogens is 1. The summed E-state index contributed by atoms with van der Waals surface area (Å²) in [5, 5.41) is 22.0. The fraction of sp³-hybridized carbons (Fsp3) is 0.468. The highest BCUT2D eigenvalue weighted by molar-refractivity contribution is 5.99. The third-order valence-corrected chi connectivity index (χ3v) is 11.4. The van der Waals surface area contributed by atoms with Gasteiger partial charge in [-0.05, 0) is 62.1 Å². The van der Waals surface area contributed by atoms with Gasteiger partial charge in [0.2, 0.25) is 53.2 Å². The predicted molar refractivity (Wildman–Crippen MR) is 268 cm³/mol. The van der Waals surface area contributed by atoms with Gasteiger partial charge in [0.1, 0.15) is 36.3 Å². The number of hydrogen-bond acceptors (Lipinski definition) is 11. The smallest absolute Gasteiger partial charge is 0.243 e. The van der Waals surface area contributed by atoms with Crippen molar-refractivity contribution in [1.82, 2.24) is 47.5 Å². The van der Waals surface area contributed by atoms with Gasteiger partial charge >= 0.3 is 0 Å². The van der Waals surface area contributed by atoms with E-state index in [-0.39, 0.29) is 76.6 Å². The summed E-state index contributed by atoms with van der Waals surface area (Å²) < 4.78 is 0. The Labute approximate surface area is 416 Å². The molecule has 3 aromatic rings. The number of nitrogens with two attached hydrogens (primary N) is 5. The van der Waals surface area contributed by atoms with Crippen LogP contribution in [0.1, 0.15) is 75.8 Å². The van der Waals surface area contributed by atoms with E-state index >= 15 is 0 Å². The number of nitrogens with one attached hydrogen (secondary N) is 9. The lowest BCUT2D eigenvalue weighted by Gasteiger charge is -2.27. The van der Waals surface area contributed by atoms with E-state index in [1.807, 2.05) is 24.3 Å². The molecule has 1 aromatic heterocycles. The quantitative estimate of drug-likeness (QED) is 0.0358. The number of nitrogens with zero attached hydrogens (tertiary/aromatic N) is 2. The molecule has 390 valence electrons. The van der Waals surface area contributed by atoms with Crippen LogP contribution in [0.3, 0.4) is 0 Å². The van der Waals surface area contributed by atoms with E-state index in [0.29, 0.717) is 24.8 Å². The number of aliphatic imine (C=N–C) groups is 2. The largest absolute Gasteiger partial charge is 0.370 e. The topological polar surface area (TPSA) is 420 Å². The molecule has 0 unspecified atom stereocenters. The van der Waals surface area contributed by atoms with Crippen LogP contribution in [0, 0.1) is 0 Å². The second-order valence-electron chi connectivity index (χ2n) is 17.3. The lowest BCUT2D eigenvalue weighted by Crippen LogP contribution is -2.60. The van der Waals surface area contributed by atoms with Crippen LogP contribution in [0.15, 0.2) is 70.8 Å². The molecule has 2 aromatic carbocycles. The second-order valence-corrected chi connectivity index (χ2v) is 17.3. The molecule has 25 heteroatoms. The Hall–Kier alpha value is -8.25. The molecule has 6 atom stereocenters. The molecule has 72 heavy (non-hydrogen) atoms. The summed E-state index contributed by atoms with van der Waals surface area (Å²) in [4.78, 5) is 134. The standard InChI is InChI=1S/C47H68N16O9/c1-27(64)58-32(16-10-20-55-46(49)50)41(68)63-37-25-39(66)53-18-8-3-9-19-54-40(67)35(23-29-26-57-31-15-7-6-14-30(29)31)61-42(69)33(17-11-21-56-47(51)52)59-43(70)34(22-28-12-4-2-5-13-28)60-44(71)36(24-38(48)65)62-45(37)72/h2,4-7,12-15,26,32-37,57H,3,8-11,16-25H2,1H3,(H2,48,65)(H,53,66)(H,54,67)(H,58,64)(H,59,70)(H,60,71)(H,61,69)(H,62,72)(H,63,68)(H4,49,50,55)(H4,51,52,56)/t32-,33-,34+,35-,36-,37-/m0/s1. The number of guanidine groups is 2. The van der Waals surface area contributed by atoms with E-state index in [9.17, 15) is 43.2 Å². The highest BCUT2D eigenvalue weighted by Gasteiger charge is 2.35. The van der Waals surface area contributed by atoms with Crippen LogP contribution in [0.2, 0.25) is 0 Å². The van der Waals surface area contributed by atoms with Crippen molar-refractivity contribution in [1.29, 1.82) is 0 Å². The number of hydrogen-bond donors (Lipinski definition) is 14. The molecule has 0 bridgehead atoms. The molecule has 1 fully saturated rings. The molecule has 4 rings (SSSR count). The summed E-state index contributed by atoms with van der Waals surface area (Å²) in [6.07, 6.45) is 2.06. The van der Waals surface area contributed by atoms with Crippen molar-refractivity contribution in [3.63, 3.8) is 0 Å². The van der Waals surface area contributed by atoms with Gasteiger partial charge in [-0.1, -0.05) is 48.5 Å². The molecule has 1 aliphatic heterocycles. The number of carbonyl (C=O) groups is 9. The van der Waals surface area contributed by atoms with E-state index in [2.05, 4.69) is 57.5 Å². The summed E-state index contributed by atoms with van der Waals surface area (Å²) >= 11 is 0. The van der Waals surface area contributed by atoms with Crippen LogP contribution in [0.5, 0.6) is 0 Å². The molecule has 0 aliphatic carbocycles. The number of para-hydroxylation sites is 1. The average Bonchev–Trinajstić information content (AvgIpc) is 3.74. The highest BCUT2D eigenvalue weighted by atomic mass is 16.2. The first kappa shape index (κ1) is 56.3. The Morgan fingerprint density at radius 3 is 1.92 bits per heavy atom. The normalized spacial score (nSPS) is 20.4. The zero-order chi connectivity index (χ0) is 52.6. The third-order valence-electron chi connectivity index (χ3n) is 11.4. The van der Waals surface area contributed by atoms with Crippen molar-refractivity contribution in [3.05, 3.63) is 71.9 Å². The van der Waals surface area contributed by atoms with E-state index in [4.69, 9.17) is 28.7 Å². The predicted octanol–water partition coefficient (Wildman–Crippen LogP) is -3.33. The molecule has 1 aliphatic rings. The maximum atomic E-state index is 14.5. The number of rotatable bonds is 17. The average molecular weight is 1000 g/mol. The Bertz CT molecular complexity index is 2420. The van der Waals surface area contributed by atoms with Crippen molar-refractivity contribution >= 4 is 76.0 Å². The van der Waals surface area contributed by atoms with Crippen LogP contribution in [0.4, 0.5) is 0 Å². The first-order chi connectivity index (χ1) is 34.4. The van der Waals surface area contributed by atoms with Gasteiger partial charge in [0.25, 0.3) is 0 Å². The summed E-state index contributed by atoms with van der Waals surface area (Å²) in [5.41, 5.74) is 29.6. The number of amides is 9. The van der Waals surface area contributed by atoms with Crippen molar-refractivity contribution in [2.24, 2.45) is 38.7 Å². The van der Waals surface area contributed by atoms with Crippen LogP contribution < -0.4 is 71.2 Å². The van der Waals surface area contributed by atoms with Gasteiger partial charge in [-0.15, -0.1) is 0 Å². The summed E-state index contributed by atoms with van der Waals surface area (Å²) in [7, 11) is 0. The fourth-order valence-electron chi connectivity index (χ4n) is 7.81. The monoisotopic (exact) mass is 1000 g/mol. The Balaban J connectivity index is 1.72. The Kier molecular flexibility index (Phi) is 22.7. The first-order valence-electron chi connectivity index (χ1n) is 23.7. The van der Waals surface area contributed by atoms with E-state index in [0.717, 1.165) is 16.5 Å². The number of benzene rings is 2. The minimum Gasteiger partial charge on any atom is -0.370 e. The van der Waals surface area contributed by atoms with Crippen molar-refractivity contribution < 1.29 is 43.2 Å². The van der Waals surface area contributed by atoms with Gasteiger partial charge in [-0.3, -0.25) is 53.1 Å². The molecule has 9 amide bonds. The number of primary amides is 1. The van der Waals surface area contributed by atoms with Gasteiger partial charge in [-0.25, -0.2) is 0 Å². The molecule has 2 heterocycles. The van der Waals surface area contributed by atoms with Gasteiger partial charge < -0.3 is 76.2 Å². The second kappa shape index (κ2) is 29.1. The fourth-order valence-corrected chi connectivity index (χ4v) is 7.81. The number of aromatic nitrogens is 1. The molecule has 0 saturated carbocycles. The highest BCUT2D eigenvalue weighted by Crippen LogP contribution is 2.20. The van der Waals surface area contributed by atoms with Gasteiger partial charge in [0.05, 0.1) is 12.8 Å². The van der Waals surface area contributed by atoms with E-state index < -0.39 is 102 Å². The molecule has 0 radical (unpaired) electrons.